The van der Waals surface area contributed by atoms with Crippen molar-refractivity contribution >= 4 is 27.5 Å². The molecule has 0 unspecified atom stereocenters. The van der Waals surface area contributed by atoms with Gasteiger partial charge in [0, 0.05) is 16.8 Å². The van der Waals surface area contributed by atoms with E-state index in [1.165, 1.54) is 24.3 Å². The Labute approximate surface area is 175 Å². The summed E-state index contributed by atoms with van der Waals surface area (Å²) in [4.78, 5) is 24.4. The highest BCUT2D eigenvalue weighted by Crippen LogP contribution is 2.16. The van der Waals surface area contributed by atoms with Crippen molar-refractivity contribution in [3.8, 4) is 0 Å². The van der Waals surface area contributed by atoms with E-state index in [0.717, 1.165) is 12.0 Å². The van der Waals surface area contributed by atoms with E-state index in [0.29, 0.717) is 11.3 Å². The number of rotatable bonds is 6. The van der Waals surface area contributed by atoms with Crippen molar-refractivity contribution in [3.05, 3.63) is 95.6 Å². The molecule has 3 N–H and O–H groups in total. The molecule has 0 aromatic heterocycles. The zero-order valence-corrected chi connectivity index (χ0v) is 17.1. The van der Waals surface area contributed by atoms with Gasteiger partial charge in [-0.1, -0.05) is 37.3 Å². The van der Waals surface area contributed by atoms with Gasteiger partial charge in [0.1, 0.15) is 0 Å². The van der Waals surface area contributed by atoms with Gasteiger partial charge in [-0.3, -0.25) is 25.2 Å². The number of anilines is 1. The SMILES string of the molecule is CCc1ccc(C(=O)NNC(=O)c2ccc(S(=O)(=O)Nc3ccccc3)cc2)cc1. The maximum absolute atomic E-state index is 12.4. The molecule has 0 heterocycles. The normalized spacial score (nSPS) is 10.8. The topological polar surface area (TPSA) is 104 Å². The number of para-hydroxylation sites is 1. The third-order valence-electron chi connectivity index (χ3n) is 4.37. The smallest absolute Gasteiger partial charge is 0.269 e. The predicted molar refractivity (Wildman–Crippen MR) is 114 cm³/mol. The minimum absolute atomic E-state index is 0.0166. The lowest BCUT2D eigenvalue weighted by molar-refractivity contribution is 0.0846. The van der Waals surface area contributed by atoms with Gasteiger partial charge in [0.2, 0.25) is 0 Å². The summed E-state index contributed by atoms with van der Waals surface area (Å²) in [7, 11) is -3.77. The van der Waals surface area contributed by atoms with Crippen LogP contribution in [0.1, 0.15) is 33.2 Å². The molecule has 0 aliphatic heterocycles. The van der Waals surface area contributed by atoms with Gasteiger partial charge < -0.3 is 0 Å². The number of amides is 2. The molecule has 0 spiro atoms. The average molecular weight is 423 g/mol. The quantitative estimate of drug-likeness (QED) is 0.530. The van der Waals surface area contributed by atoms with Gasteiger partial charge in [0.25, 0.3) is 21.8 Å². The van der Waals surface area contributed by atoms with Crippen LogP contribution >= 0.6 is 0 Å². The zero-order valence-electron chi connectivity index (χ0n) is 16.3. The number of hydrazine groups is 1. The monoisotopic (exact) mass is 423 g/mol. The zero-order chi connectivity index (χ0) is 21.6. The molecule has 0 saturated heterocycles. The predicted octanol–water partition coefficient (Wildman–Crippen LogP) is 3.12. The molecule has 0 saturated carbocycles. The number of benzene rings is 3. The molecule has 7 nitrogen and oxygen atoms in total. The fourth-order valence-electron chi connectivity index (χ4n) is 2.66. The molecule has 0 atom stereocenters. The second-order valence-electron chi connectivity index (χ2n) is 6.45. The van der Waals surface area contributed by atoms with Crippen LogP contribution in [0.25, 0.3) is 0 Å². The third kappa shape index (κ3) is 5.24. The minimum Gasteiger partial charge on any atom is -0.280 e. The van der Waals surface area contributed by atoms with Gasteiger partial charge >= 0.3 is 0 Å². The first-order valence-electron chi connectivity index (χ1n) is 9.26. The van der Waals surface area contributed by atoms with Crippen molar-refractivity contribution in [1.82, 2.24) is 10.9 Å². The van der Waals surface area contributed by atoms with Crippen LogP contribution in [0.15, 0.2) is 83.8 Å². The van der Waals surface area contributed by atoms with Crippen LogP contribution < -0.4 is 15.6 Å². The van der Waals surface area contributed by atoms with Crippen LogP contribution in [-0.2, 0) is 16.4 Å². The van der Waals surface area contributed by atoms with Crippen molar-refractivity contribution in [2.45, 2.75) is 18.2 Å². The van der Waals surface area contributed by atoms with Gasteiger partial charge in [-0.15, -0.1) is 0 Å². The molecule has 0 fully saturated rings. The summed E-state index contributed by atoms with van der Waals surface area (Å²) in [6.45, 7) is 2.02. The van der Waals surface area contributed by atoms with Crippen LogP contribution in [0, 0.1) is 0 Å². The molecule has 0 bridgehead atoms. The van der Waals surface area contributed by atoms with Crippen LogP contribution in [-0.4, -0.2) is 20.2 Å². The lowest BCUT2D eigenvalue weighted by Gasteiger charge is -2.10. The molecule has 3 rings (SSSR count). The molecule has 2 amide bonds. The molecule has 0 radical (unpaired) electrons. The number of sulfonamides is 1. The molecule has 8 heteroatoms. The molecule has 154 valence electrons. The van der Waals surface area contributed by atoms with Crippen LogP contribution in [0.5, 0.6) is 0 Å². The highest BCUT2D eigenvalue weighted by molar-refractivity contribution is 7.92. The summed E-state index contributed by atoms with van der Waals surface area (Å²) in [5.74, 6) is -1.01. The average Bonchev–Trinajstić information content (AvgIpc) is 2.77. The second kappa shape index (κ2) is 9.23. The highest BCUT2D eigenvalue weighted by Gasteiger charge is 2.15. The number of aryl methyl sites for hydroxylation is 1. The lowest BCUT2D eigenvalue weighted by Crippen LogP contribution is -2.41. The van der Waals surface area contributed by atoms with E-state index >= 15 is 0 Å². The third-order valence-corrected chi connectivity index (χ3v) is 5.76. The first-order valence-corrected chi connectivity index (χ1v) is 10.7. The second-order valence-corrected chi connectivity index (χ2v) is 8.14. The van der Waals surface area contributed by atoms with Gasteiger partial charge in [0.05, 0.1) is 4.90 Å². The Morgan fingerprint density at radius 2 is 1.23 bits per heavy atom. The van der Waals surface area contributed by atoms with Crippen molar-refractivity contribution in [3.63, 3.8) is 0 Å². The van der Waals surface area contributed by atoms with Gasteiger partial charge in [0.15, 0.2) is 0 Å². The molecule has 3 aromatic carbocycles. The summed E-state index contributed by atoms with van der Waals surface area (Å²) in [5, 5.41) is 0. The lowest BCUT2D eigenvalue weighted by atomic mass is 10.1. The summed E-state index contributed by atoms with van der Waals surface area (Å²) in [6, 6.07) is 20.9. The van der Waals surface area contributed by atoms with Crippen molar-refractivity contribution in [2.75, 3.05) is 4.72 Å². The van der Waals surface area contributed by atoms with E-state index in [-0.39, 0.29) is 10.5 Å². The Morgan fingerprint density at radius 1 is 0.733 bits per heavy atom. The number of carbonyl (C=O) groups is 2. The van der Waals surface area contributed by atoms with Gasteiger partial charge in [-0.2, -0.15) is 0 Å². The number of hydrogen-bond acceptors (Lipinski definition) is 4. The van der Waals surface area contributed by atoms with E-state index in [1.54, 1.807) is 42.5 Å². The van der Waals surface area contributed by atoms with Crippen molar-refractivity contribution in [2.24, 2.45) is 0 Å². The van der Waals surface area contributed by atoms with Crippen LogP contribution in [0.2, 0.25) is 0 Å². The summed E-state index contributed by atoms with van der Waals surface area (Å²) in [6.07, 6.45) is 0.866. The van der Waals surface area contributed by atoms with E-state index in [2.05, 4.69) is 15.6 Å². The fourth-order valence-corrected chi connectivity index (χ4v) is 3.71. The Kier molecular flexibility index (Phi) is 6.48. The number of carbonyl (C=O) groups excluding carboxylic acids is 2. The first-order chi connectivity index (χ1) is 14.4. The largest absolute Gasteiger partial charge is 0.280 e. The Hall–Kier alpha value is -3.65. The van der Waals surface area contributed by atoms with E-state index < -0.39 is 21.8 Å². The minimum atomic E-state index is -3.77. The van der Waals surface area contributed by atoms with E-state index in [1.807, 2.05) is 19.1 Å². The maximum Gasteiger partial charge on any atom is 0.269 e. The molecular formula is C22H21N3O4S. The number of nitrogens with one attached hydrogen (secondary N) is 3. The maximum atomic E-state index is 12.4. The number of hydrogen-bond donors (Lipinski definition) is 3. The van der Waals surface area contributed by atoms with Gasteiger partial charge in [-0.05, 0) is 60.5 Å². The standard InChI is InChI=1S/C22H21N3O4S/c1-2-16-8-10-17(11-9-16)21(26)23-24-22(27)18-12-14-20(15-13-18)30(28,29)25-19-6-4-3-5-7-19/h3-15,25H,2H2,1H3,(H,23,26)(H,24,27). The highest BCUT2D eigenvalue weighted by atomic mass is 32.2. The van der Waals surface area contributed by atoms with E-state index in [4.69, 9.17) is 0 Å². The summed E-state index contributed by atoms with van der Waals surface area (Å²) in [5.41, 5.74) is 6.83. The van der Waals surface area contributed by atoms with Crippen molar-refractivity contribution in [1.29, 1.82) is 0 Å². The first kappa shape index (κ1) is 21.1. The summed E-state index contributed by atoms with van der Waals surface area (Å²) < 4.78 is 27.3. The van der Waals surface area contributed by atoms with Crippen LogP contribution in [0.4, 0.5) is 5.69 Å². The molecule has 0 aliphatic rings. The fraction of sp³-hybridized carbons (Fsp3) is 0.0909. The molecular weight excluding hydrogens is 402 g/mol. The summed E-state index contributed by atoms with van der Waals surface area (Å²) >= 11 is 0. The molecule has 0 aliphatic carbocycles. The Bertz CT molecular complexity index is 1130. The Morgan fingerprint density at radius 3 is 1.73 bits per heavy atom. The van der Waals surface area contributed by atoms with Gasteiger partial charge in [-0.25, -0.2) is 8.42 Å². The molecule has 3 aromatic rings. The molecule has 30 heavy (non-hydrogen) atoms. The Balaban J connectivity index is 1.61. The van der Waals surface area contributed by atoms with Crippen LogP contribution in [0.3, 0.4) is 0 Å². The van der Waals surface area contributed by atoms with E-state index in [9.17, 15) is 18.0 Å². The van der Waals surface area contributed by atoms with Crippen molar-refractivity contribution < 1.29 is 18.0 Å².